The van der Waals surface area contributed by atoms with Gasteiger partial charge in [-0.15, -0.1) is 0 Å². The summed E-state index contributed by atoms with van der Waals surface area (Å²) in [5, 5.41) is 3.42. The zero-order valence-electron chi connectivity index (χ0n) is 10.9. The average molecular weight is 233 g/mol. The average Bonchev–Trinajstić information content (AvgIpc) is 2.40. The van der Waals surface area contributed by atoms with Crippen molar-refractivity contribution in [3.63, 3.8) is 0 Å². The molecule has 0 bridgehead atoms. The van der Waals surface area contributed by atoms with Crippen molar-refractivity contribution in [2.75, 3.05) is 13.7 Å². The van der Waals surface area contributed by atoms with E-state index in [0.29, 0.717) is 6.04 Å². The summed E-state index contributed by atoms with van der Waals surface area (Å²) in [7, 11) is 2.04. The molecule has 94 valence electrons. The van der Waals surface area contributed by atoms with Crippen LogP contribution in [0.15, 0.2) is 24.3 Å². The Kier molecular flexibility index (Phi) is 4.57. The monoisotopic (exact) mass is 233 g/mol. The van der Waals surface area contributed by atoms with Gasteiger partial charge in [-0.1, -0.05) is 44.0 Å². The van der Waals surface area contributed by atoms with Gasteiger partial charge in [0.05, 0.1) is 12.7 Å². The van der Waals surface area contributed by atoms with Gasteiger partial charge in [0.2, 0.25) is 0 Å². The first kappa shape index (κ1) is 12.6. The number of fused-ring (bicyclic) bond motifs is 1. The molecule has 1 aliphatic heterocycles. The molecule has 0 aliphatic carbocycles. The van der Waals surface area contributed by atoms with Gasteiger partial charge < -0.3 is 10.1 Å². The van der Waals surface area contributed by atoms with E-state index < -0.39 is 0 Å². The van der Waals surface area contributed by atoms with E-state index in [-0.39, 0.29) is 6.10 Å². The molecule has 0 amide bonds. The second kappa shape index (κ2) is 6.18. The Morgan fingerprint density at radius 3 is 3.00 bits per heavy atom. The van der Waals surface area contributed by atoms with E-state index in [4.69, 9.17) is 4.74 Å². The molecule has 2 atom stereocenters. The molecule has 0 spiro atoms. The fraction of sp³-hybridized carbons (Fsp3) is 0.600. The standard InChI is InChI=1S/C15H23NO/c1-3-4-9-14(16-2)15-13-8-6-5-7-12(13)10-11-17-15/h5-8,14-16H,3-4,9-11H2,1-2H3. The minimum atomic E-state index is 0.233. The lowest BCUT2D eigenvalue weighted by Crippen LogP contribution is -2.36. The molecular weight excluding hydrogens is 210 g/mol. The summed E-state index contributed by atoms with van der Waals surface area (Å²) in [5.41, 5.74) is 2.84. The molecule has 0 radical (unpaired) electrons. The quantitative estimate of drug-likeness (QED) is 0.844. The zero-order chi connectivity index (χ0) is 12.1. The van der Waals surface area contributed by atoms with Crippen molar-refractivity contribution in [2.24, 2.45) is 0 Å². The summed E-state index contributed by atoms with van der Waals surface area (Å²) in [6.45, 7) is 3.09. The molecule has 2 unspecified atom stereocenters. The maximum Gasteiger partial charge on any atom is 0.0980 e. The first-order valence-corrected chi connectivity index (χ1v) is 6.73. The van der Waals surface area contributed by atoms with Crippen LogP contribution in [0.1, 0.15) is 43.4 Å². The van der Waals surface area contributed by atoms with Gasteiger partial charge in [-0.05, 0) is 31.0 Å². The van der Waals surface area contributed by atoms with E-state index in [0.717, 1.165) is 13.0 Å². The SMILES string of the molecule is CCCCC(NC)C1OCCc2ccccc21. The zero-order valence-corrected chi connectivity index (χ0v) is 10.9. The molecular formula is C15H23NO. The Balaban J connectivity index is 2.15. The van der Waals surface area contributed by atoms with E-state index >= 15 is 0 Å². The highest BCUT2D eigenvalue weighted by Gasteiger charge is 2.27. The van der Waals surface area contributed by atoms with Crippen LogP contribution in [0.2, 0.25) is 0 Å². The Labute approximate surface area is 104 Å². The fourth-order valence-electron chi connectivity index (χ4n) is 2.63. The topological polar surface area (TPSA) is 21.3 Å². The van der Waals surface area contributed by atoms with Crippen molar-refractivity contribution in [1.82, 2.24) is 5.32 Å². The molecule has 17 heavy (non-hydrogen) atoms. The highest BCUT2D eigenvalue weighted by molar-refractivity contribution is 5.31. The number of rotatable bonds is 5. The maximum atomic E-state index is 5.99. The highest BCUT2D eigenvalue weighted by Crippen LogP contribution is 2.31. The first-order valence-electron chi connectivity index (χ1n) is 6.73. The second-order valence-electron chi connectivity index (χ2n) is 4.78. The van der Waals surface area contributed by atoms with Crippen LogP contribution in [-0.4, -0.2) is 19.7 Å². The lowest BCUT2D eigenvalue weighted by atomic mass is 9.91. The molecule has 1 aromatic carbocycles. The summed E-state index contributed by atoms with van der Waals surface area (Å²) in [6, 6.07) is 9.14. The fourth-order valence-corrected chi connectivity index (χ4v) is 2.63. The summed E-state index contributed by atoms with van der Waals surface area (Å²) in [6.07, 6.45) is 4.97. The van der Waals surface area contributed by atoms with E-state index in [2.05, 4.69) is 36.5 Å². The normalized spacial score (nSPS) is 20.9. The molecule has 2 heteroatoms. The number of ether oxygens (including phenoxy) is 1. The molecule has 1 aliphatic rings. The van der Waals surface area contributed by atoms with Crippen LogP contribution in [0.5, 0.6) is 0 Å². The van der Waals surface area contributed by atoms with Crippen LogP contribution in [0.3, 0.4) is 0 Å². The van der Waals surface area contributed by atoms with Crippen LogP contribution >= 0.6 is 0 Å². The number of unbranched alkanes of at least 4 members (excludes halogenated alkanes) is 1. The maximum absolute atomic E-state index is 5.99. The Hall–Kier alpha value is -0.860. The van der Waals surface area contributed by atoms with Crippen LogP contribution in [0.25, 0.3) is 0 Å². The van der Waals surface area contributed by atoms with Gasteiger partial charge in [-0.3, -0.25) is 0 Å². The van der Waals surface area contributed by atoms with Crippen LogP contribution < -0.4 is 5.32 Å². The minimum Gasteiger partial charge on any atom is -0.372 e. The molecule has 1 heterocycles. The van der Waals surface area contributed by atoms with Crippen LogP contribution in [0.4, 0.5) is 0 Å². The number of nitrogens with one attached hydrogen (secondary N) is 1. The minimum absolute atomic E-state index is 0.233. The summed E-state index contributed by atoms with van der Waals surface area (Å²) >= 11 is 0. The van der Waals surface area contributed by atoms with E-state index in [1.807, 2.05) is 7.05 Å². The van der Waals surface area contributed by atoms with Crippen molar-refractivity contribution in [3.05, 3.63) is 35.4 Å². The molecule has 0 saturated carbocycles. The molecule has 0 fully saturated rings. The lowest BCUT2D eigenvalue weighted by molar-refractivity contribution is 0.0146. The molecule has 0 aromatic heterocycles. The van der Waals surface area contributed by atoms with Crippen molar-refractivity contribution in [2.45, 2.75) is 44.8 Å². The molecule has 1 aromatic rings. The lowest BCUT2D eigenvalue weighted by Gasteiger charge is -2.32. The van der Waals surface area contributed by atoms with E-state index in [9.17, 15) is 0 Å². The summed E-state index contributed by atoms with van der Waals surface area (Å²) in [4.78, 5) is 0. The highest BCUT2D eigenvalue weighted by atomic mass is 16.5. The number of hydrogen-bond donors (Lipinski definition) is 1. The van der Waals surface area contributed by atoms with Gasteiger partial charge in [0, 0.05) is 6.04 Å². The number of hydrogen-bond acceptors (Lipinski definition) is 2. The van der Waals surface area contributed by atoms with Gasteiger partial charge in [0.1, 0.15) is 0 Å². The number of likely N-dealkylation sites (N-methyl/N-ethyl adjacent to an activating group) is 1. The van der Waals surface area contributed by atoms with E-state index in [1.165, 1.54) is 30.4 Å². The van der Waals surface area contributed by atoms with Crippen LogP contribution in [0, 0.1) is 0 Å². The van der Waals surface area contributed by atoms with Gasteiger partial charge in [0.25, 0.3) is 0 Å². The smallest absolute Gasteiger partial charge is 0.0980 e. The number of benzene rings is 1. The third kappa shape index (κ3) is 2.88. The molecule has 1 N–H and O–H groups in total. The summed E-state index contributed by atoms with van der Waals surface area (Å²) < 4.78 is 5.99. The van der Waals surface area contributed by atoms with Gasteiger partial charge in [0.15, 0.2) is 0 Å². The van der Waals surface area contributed by atoms with Crippen molar-refractivity contribution in [1.29, 1.82) is 0 Å². The Morgan fingerprint density at radius 1 is 1.41 bits per heavy atom. The third-order valence-corrected chi connectivity index (χ3v) is 3.64. The predicted octanol–water partition coefficient (Wildman–Crippen LogP) is 3.08. The first-order chi connectivity index (χ1) is 8.36. The summed E-state index contributed by atoms with van der Waals surface area (Å²) in [5.74, 6) is 0. The van der Waals surface area contributed by atoms with E-state index in [1.54, 1.807) is 0 Å². The van der Waals surface area contributed by atoms with Crippen molar-refractivity contribution < 1.29 is 4.74 Å². The Morgan fingerprint density at radius 2 is 2.24 bits per heavy atom. The largest absolute Gasteiger partial charge is 0.372 e. The third-order valence-electron chi connectivity index (χ3n) is 3.64. The van der Waals surface area contributed by atoms with Crippen LogP contribution in [-0.2, 0) is 11.2 Å². The predicted molar refractivity (Wildman–Crippen MR) is 71.2 cm³/mol. The molecule has 2 rings (SSSR count). The molecule has 0 saturated heterocycles. The van der Waals surface area contributed by atoms with Gasteiger partial charge in [-0.25, -0.2) is 0 Å². The van der Waals surface area contributed by atoms with Gasteiger partial charge in [-0.2, -0.15) is 0 Å². The second-order valence-corrected chi connectivity index (χ2v) is 4.78. The molecule has 2 nitrogen and oxygen atoms in total. The van der Waals surface area contributed by atoms with Crippen molar-refractivity contribution >= 4 is 0 Å². The van der Waals surface area contributed by atoms with Gasteiger partial charge >= 0.3 is 0 Å². The Bertz CT molecular complexity index is 351. The van der Waals surface area contributed by atoms with Crippen molar-refractivity contribution in [3.8, 4) is 0 Å².